The van der Waals surface area contributed by atoms with Crippen molar-refractivity contribution in [3.63, 3.8) is 0 Å². The zero-order chi connectivity index (χ0) is 10.3. The molecule has 80 valence electrons. The first kappa shape index (κ1) is 12.9. The summed E-state index contributed by atoms with van der Waals surface area (Å²) in [6.07, 6.45) is 0. The van der Waals surface area contributed by atoms with E-state index in [1.165, 1.54) is 0 Å². The van der Waals surface area contributed by atoms with Gasteiger partial charge in [0.05, 0.1) is 19.8 Å². The number of ether oxygens (including phenoxy) is 1. The van der Waals surface area contributed by atoms with Crippen molar-refractivity contribution in [3.8, 4) is 0 Å². The van der Waals surface area contributed by atoms with E-state index in [0.717, 1.165) is 26.3 Å². The van der Waals surface area contributed by atoms with Crippen LogP contribution in [-0.2, 0) is 4.74 Å². The summed E-state index contributed by atoms with van der Waals surface area (Å²) in [6, 6.07) is 0. The number of rotatable bonds is 6. The number of aliphatic hydroxyl groups is 1. The Labute approximate surface area is 81.7 Å². The number of likely N-dealkylation sites (N-methyl/N-ethyl adjacent to an activating group) is 1. The molecule has 0 fully saturated rings. The zero-order valence-electron chi connectivity index (χ0n) is 9.34. The van der Waals surface area contributed by atoms with Gasteiger partial charge < -0.3 is 14.7 Å². The van der Waals surface area contributed by atoms with Gasteiger partial charge in [-0.05, 0) is 12.5 Å². The summed E-state index contributed by atoms with van der Waals surface area (Å²) in [5.74, 6) is 0. The summed E-state index contributed by atoms with van der Waals surface area (Å²) in [7, 11) is 1.98. The van der Waals surface area contributed by atoms with E-state index < -0.39 is 0 Å². The van der Waals surface area contributed by atoms with E-state index in [4.69, 9.17) is 9.84 Å². The Morgan fingerprint density at radius 1 is 1.23 bits per heavy atom. The van der Waals surface area contributed by atoms with Crippen molar-refractivity contribution in [2.75, 3.05) is 40.0 Å². The molecule has 0 saturated heterocycles. The van der Waals surface area contributed by atoms with E-state index in [2.05, 4.69) is 25.7 Å². The maximum atomic E-state index is 8.64. The van der Waals surface area contributed by atoms with Crippen LogP contribution in [0.2, 0.25) is 0 Å². The SMILES string of the molecule is CN(CCO)CCOCC(C)(C)C. The molecule has 1 N–H and O–H groups in total. The lowest BCUT2D eigenvalue weighted by Gasteiger charge is -2.20. The summed E-state index contributed by atoms with van der Waals surface area (Å²) in [5.41, 5.74) is 0.246. The number of hydrogen-bond donors (Lipinski definition) is 1. The molecule has 0 aliphatic heterocycles. The van der Waals surface area contributed by atoms with Gasteiger partial charge in [-0.25, -0.2) is 0 Å². The maximum absolute atomic E-state index is 8.64. The average molecular weight is 189 g/mol. The van der Waals surface area contributed by atoms with E-state index in [-0.39, 0.29) is 12.0 Å². The van der Waals surface area contributed by atoms with Crippen molar-refractivity contribution in [2.45, 2.75) is 20.8 Å². The molecule has 0 rings (SSSR count). The Bertz CT molecular complexity index is 121. The van der Waals surface area contributed by atoms with E-state index >= 15 is 0 Å². The largest absolute Gasteiger partial charge is 0.395 e. The highest BCUT2D eigenvalue weighted by molar-refractivity contribution is 4.59. The molecule has 0 spiro atoms. The van der Waals surface area contributed by atoms with Crippen LogP contribution < -0.4 is 0 Å². The van der Waals surface area contributed by atoms with E-state index in [0.29, 0.717) is 0 Å². The van der Waals surface area contributed by atoms with Crippen LogP contribution in [0.25, 0.3) is 0 Å². The van der Waals surface area contributed by atoms with Crippen LogP contribution in [0.3, 0.4) is 0 Å². The first-order valence-corrected chi connectivity index (χ1v) is 4.83. The monoisotopic (exact) mass is 189 g/mol. The first-order chi connectivity index (χ1) is 5.95. The molecule has 0 heterocycles. The third-order valence-corrected chi connectivity index (χ3v) is 1.63. The highest BCUT2D eigenvalue weighted by Crippen LogP contribution is 2.12. The molecular formula is C10H23NO2. The Morgan fingerprint density at radius 3 is 2.31 bits per heavy atom. The van der Waals surface area contributed by atoms with Crippen molar-refractivity contribution < 1.29 is 9.84 Å². The number of nitrogens with zero attached hydrogens (tertiary/aromatic N) is 1. The fraction of sp³-hybridized carbons (Fsp3) is 1.00. The Balaban J connectivity index is 3.25. The summed E-state index contributed by atoms with van der Waals surface area (Å²) >= 11 is 0. The molecule has 3 heteroatoms. The van der Waals surface area contributed by atoms with Gasteiger partial charge in [0.2, 0.25) is 0 Å². The van der Waals surface area contributed by atoms with Crippen LogP contribution in [0.5, 0.6) is 0 Å². The molecule has 0 aromatic heterocycles. The van der Waals surface area contributed by atoms with Gasteiger partial charge in [-0.3, -0.25) is 0 Å². The summed E-state index contributed by atoms with van der Waals surface area (Å²) in [6.45, 7) is 9.83. The van der Waals surface area contributed by atoms with Crippen LogP contribution in [-0.4, -0.2) is 50.0 Å². The predicted octanol–water partition coefficient (Wildman–Crippen LogP) is 0.973. The van der Waals surface area contributed by atoms with Crippen molar-refractivity contribution in [2.24, 2.45) is 5.41 Å². The molecule has 0 bridgehead atoms. The number of hydrogen-bond acceptors (Lipinski definition) is 3. The third-order valence-electron chi connectivity index (χ3n) is 1.63. The minimum absolute atomic E-state index is 0.218. The molecule has 0 aliphatic carbocycles. The van der Waals surface area contributed by atoms with Crippen LogP contribution in [0.1, 0.15) is 20.8 Å². The fourth-order valence-electron chi connectivity index (χ4n) is 0.881. The maximum Gasteiger partial charge on any atom is 0.0593 e. The molecule has 0 radical (unpaired) electrons. The molecular weight excluding hydrogens is 166 g/mol. The van der Waals surface area contributed by atoms with Gasteiger partial charge in [0.1, 0.15) is 0 Å². The van der Waals surface area contributed by atoms with E-state index in [9.17, 15) is 0 Å². The summed E-state index contributed by atoms with van der Waals surface area (Å²) in [5, 5.41) is 8.64. The molecule has 0 aromatic carbocycles. The second-order valence-corrected chi connectivity index (χ2v) is 4.64. The second-order valence-electron chi connectivity index (χ2n) is 4.64. The van der Waals surface area contributed by atoms with Gasteiger partial charge in [0, 0.05) is 13.1 Å². The lowest BCUT2D eigenvalue weighted by Crippen LogP contribution is -2.27. The van der Waals surface area contributed by atoms with E-state index in [1.54, 1.807) is 0 Å². The van der Waals surface area contributed by atoms with Gasteiger partial charge in [-0.2, -0.15) is 0 Å². The molecule has 0 saturated carbocycles. The highest BCUT2D eigenvalue weighted by Gasteiger charge is 2.09. The molecule has 0 aromatic rings. The Hall–Kier alpha value is -0.120. The third kappa shape index (κ3) is 9.80. The minimum atomic E-state index is 0.218. The quantitative estimate of drug-likeness (QED) is 0.632. The van der Waals surface area contributed by atoms with Crippen LogP contribution >= 0.6 is 0 Å². The molecule has 0 atom stereocenters. The highest BCUT2D eigenvalue weighted by atomic mass is 16.5. The van der Waals surface area contributed by atoms with Crippen molar-refractivity contribution in [3.05, 3.63) is 0 Å². The van der Waals surface area contributed by atoms with Crippen molar-refractivity contribution in [1.82, 2.24) is 4.90 Å². The van der Waals surface area contributed by atoms with Crippen LogP contribution in [0.15, 0.2) is 0 Å². The second kappa shape index (κ2) is 6.35. The van der Waals surface area contributed by atoms with Crippen LogP contribution in [0, 0.1) is 5.41 Å². The fourth-order valence-corrected chi connectivity index (χ4v) is 0.881. The van der Waals surface area contributed by atoms with Crippen molar-refractivity contribution in [1.29, 1.82) is 0 Å². The zero-order valence-corrected chi connectivity index (χ0v) is 9.34. The topological polar surface area (TPSA) is 32.7 Å². The lowest BCUT2D eigenvalue weighted by atomic mass is 9.99. The smallest absolute Gasteiger partial charge is 0.0593 e. The lowest BCUT2D eigenvalue weighted by molar-refractivity contribution is 0.0563. The normalized spacial score (nSPS) is 12.5. The van der Waals surface area contributed by atoms with E-state index in [1.807, 2.05) is 7.05 Å². The van der Waals surface area contributed by atoms with Gasteiger partial charge in [0.15, 0.2) is 0 Å². The molecule has 0 aliphatic rings. The average Bonchev–Trinajstić information content (AvgIpc) is 1.97. The van der Waals surface area contributed by atoms with Gasteiger partial charge in [0.25, 0.3) is 0 Å². The predicted molar refractivity (Wildman–Crippen MR) is 54.9 cm³/mol. The summed E-state index contributed by atoms with van der Waals surface area (Å²) < 4.78 is 5.49. The molecule has 0 unspecified atom stereocenters. The summed E-state index contributed by atoms with van der Waals surface area (Å²) in [4.78, 5) is 2.06. The van der Waals surface area contributed by atoms with Gasteiger partial charge in [-0.1, -0.05) is 20.8 Å². The minimum Gasteiger partial charge on any atom is -0.395 e. The Kier molecular flexibility index (Phi) is 6.29. The van der Waals surface area contributed by atoms with Crippen LogP contribution in [0.4, 0.5) is 0 Å². The van der Waals surface area contributed by atoms with Gasteiger partial charge >= 0.3 is 0 Å². The molecule has 3 nitrogen and oxygen atoms in total. The first-order valence-electron chi connectivity index (χ1n) is 4.83. The molecule has 0 amide bonds. The molecule has 13 heavy (non-hydrogen) atoms. The Morgan fingerprint density at radius 2 is 1.85 bits per heavy atom. The van der Waals surface area contributed by atoms with Gasteiger partial charge in [-0.15, -0.1) is 0 Å². The van der Waals surface area contributed by atoms with Crippen molar-refractivity contribution >= 4 is 0 Å². The standard InChI is InChI=1S/C10H23NO2/c1-10(2,3)9-13-8-6-11(4)5-7-12/h12H,5-9H2,1-4H3. The number of aliphatic hydroxyl groups excluding tert-OH is 1.